The Morgan fingerprint density at radius 1 is 1.22 bits per heavy atom. The fourth-order valence-electron chi connectivity index (χ4n) is 2.00. The Morgan fingerprint density at radius 2 is 1.91 bits per heavy atom. The van der Waals surface area contributed by atoms with Crippen LogP contribution in [-0.4, -0.2) is 49.6 Å². The fraction of sp³-hybridized carbons (Fsp3) is 0.529. The molecular formula is C17H26N2O4. The number of hydrogen-bond donors (Lipinski definition) is 1. The van der Waals surface area contributed by atoms with Crippen molar-refractivity contribution in [1.29, 1.82) is 0 Å². The second-order valence-electron chi connectivity index (χ2n) is 5.46. The molecule has 1 aromatic carbocycles. The summed E-state index contributed by atoms with van der Waals surface area (Å²) in [6.45, 7) is 6.63. The molecule has 0 aliphatic rings. The zero-order valence-electron chi connectivity index (χ0n) is 14.3. The summed E-state index contributed by atoms with van der Waals surface area (Å²) in [7, 11) is 1.58. The van der Waals surface area contributed by atoms with Gasteiger partial charge in [0.05, 0.1) is 18.4 Å². The molecule has 0 saturated carbocycles. The quantitative estimate of drug-likeness (QED) is 0.757. The average Bonchev–Trinajstić information content (AvgIpc) is 2.48. The normalized spacial score (nSPS) is 10.5. The summed E-state index contributed by atoms with van der Waals surface area (Å²) in [4.78, 5) is 25.2. The molecule has 0 aliphatic heterocycles. The highest BCUT2D eigenvalue weighted by Gasteiger charge is 2.13. The van der Waals surface area contributed by atoms with Gasteiger partial charge >= 0.3 is 0 Å². The lowest BCUT2D eigenvalue weighted by Crippen LogP contribution is -2.34. The van der Waals surface area contributed by atoms with Crippen LogP contribution in [0.2, 0.25) is 0 Å². The van der Waals surface area contributed by atoms with Crippen molar-refractivity contribution in [3.8, 4) is 5.75 Å². The molecule has 0 bridgehead atoms. The molecule has 0 heterocycles. The Balaban J connectivity index is 2.58. The maximum Gasteiger partial charge on any atom is 0.226 e. The minimum atomic E-state index is -0.159. The van der Waals surface area contributed by atoms with Crippen LogP contribution in [-0.2, 0) is 14.3 Å². The number of para-hydroxylation sites is 2. The van der Waals surface area contributed by atoms with E-state index in [1.165, 1.54) is 6.92 Å². The average molecular weight is 322 g/mol. The summed E-state index contributed by atoms with van der Waals surface area (Å²) in [5.74, 6) is 0.408. The van der Waals surface area contributed by atoms with Gasteiger partial charge in [-0.2, -0.15) is 0 Å². The predicted octanol–water partition coefficient (Wildman–Crippen LogP) is 2.30. The van der Waals surface area contributed by atoms with E-state index in [0.29, 0.717) is 31.1 Å². The molecule has 0 spiro atoms. The summed E-state index contributed by atoms with van der Waals surface area (Å²) < 4.78 is 10.6. The highest BCUT2D eigenvalue weighted by atomic mass is 16.5. The number of methoxy groups -OCH3 is 1. The molecule has 0 atom stereocenters. The van der Waals surface area contributed by atoms with Crippen LogP contribution in [0, 0.1) is 0 Å². The number of amides is 2. The third-order valence-electron chi connectivity index (χ3n) is 3.14. The van der Waals surface area contributed by atoms with E-state index < -0.39 is 0 Å². The van der Waals surface area contributed by atoms with Crippen LogP contribution >= 0.6 is 0 Å². The van der Waals surface area contributed by atoms with Crippen LogP contribution in [0.1, 0.15) is 27.2 Å². The van der Waals surface area contributed by atoms with Gasteiger partial charge in [0.15, 0.2) is 0 Å². The van der Waals surface area contributed by atoms with Gasteiger partial charge in [0, 0.05) is 33.5 Å². The highest BCUT2D eigenvalue weighted by molar-refractivity contribution is 5.92. The maximum atomic E-state index is 12.1. The zero-order valence-corrected chi connectivity index (χ0v) is 14.3. The number of nitrogens with zero attached hydrogens (tertiary/aromatic N) is 1. The molecule has 1 aromatic rings. The molecule has 0 saturated heterocycles. The first-order chi connectivity index (χ1) is 10.9. The minimum Gasteiger partial charge on any atom is -0.489 e. The minimum absolute atomic E-state index is 0.0234. The van der Waals surface area contributed by atoms with Gasteiger partial charge in [-0.3, -0.25) is 9.59 Å². The summed E-state index contributed by atoms with van der Waals surface area (Å²) in [5.41, 5.74) is 0.637. The van der Waals surface area contributed by atoms with Crippen molar-refractivity contribution < 1.29 is 19.1 Å². The number of benzene rings is 1. The summed E-state index contributed by atoms with van der Waals surface area (Å²) in [6, 6.07) is 7.30. The monoisotopic (exact) mass is 322 g/mol. The maximum absolute atomic E-state index is 12.1. The van der Waals surface area contributed by atoms with Crippen molar-refractivity contribution in [2.75, 3.05) is 32.1 Å². The molecule has 128 valence electrons. The lowest BCUT2D eigenvalue weighted by Gasteiger charge is -2.20. The Labute approximate surface area is 137 Å². The second kappa shape index (κ2) is 9.84. The van der Waals surface area contributed by atoms with Crippen molar-refractivity contribution in [3.05, 3.63) is 24.3 Å². The zero-order chi connectivity index (χ0) is 17.2. The van der Waals surface area contributed by atoms with Gasteiger partial charge in [0.25, 0.3) is 0 Å². The SMILES string of the molecule is COCCN(CCC(=O)Nc1ccccc1OC(C)C)C(C)=O. The second-order valence-corrected chi connectivity index (χ2v) is 5.46. The number of carbonyl (C=O) groups excluding carboxylic acids is 2. The van der Waals surface area contributed by atoms with Gasteiger partial charge in [-0.1, -0.05) is 12.1 Å². The van der Waals surface area contributed by atoms with E-state index in [0.717, 1.165) is 0 Å². The number of carbonyl (C=O) groups is 2. The molecule has 0 radical (unpaired) electrons. The van der Waals surface area contributed by atoms with Crippen LogP contribution in [0.4, 0.5) is 5.69 Å². The van der Waals surface area contributed by atoms with E-state index in [9.17, 15) is 9.59 Å². The van der Waals surface area contributed by atoms with Gasteiger partial charge in [-0.05, 0) is 26.0 Å². The van der Waals surface area contributed by atoms with E-state index >= 15 is 0 Å². The van der Waals surface area contributed by atoms with Crippen molar-refractivity contribution in [1.82, 2.24) is 4.90 Å². The topological polar surface area (TPSA) is 67.9 Å². The number of hydrogen-bond acceptors (Lipinski definition) is 4. The number of anilines is 1. The molecular weight excluding hydrogens is 296 g/mol. The molecule has 23 heavy (non-hydrogen) atoms. The molecule has 0 aromatic heterocycles. The smallest absolute Gasteiger partial charge is 0.226 e. The number of ether oxygens (including phenoxy) is 2. The Morgan fingerprint density at radius 3 is 2.52 bits per heavy atom. The van der Waals surface area contributed by atoms with Crippen LogP contribution < -0.4 is 10.1 Å². The van der Waals surface area contributed by atoms with Crippen molar-refractivity contribution in [3.63, 3.8) is 0 Å². The molecule has 6 heteroatoms. The van der Waals surface area contributed by atoms with Crippen LogP contribution in [0.5, 0.6) is 5.75 Å². The Kier molecular flexibility index (Phi) is 8.11. The molecule has 1 rings (SSSR count). The standard InChI is InChI=1S/C17H26N2O4/c1-13(2)23-16-8-6-5-7-15(16)18-17(21)9-10-19(14(3)20)11-12-22-4/h5-8,13H,9-12H2,1-4H3,(H,18,21). The first kappa shape index (κ1) is 19.0. The van der Waals surface area contributed by atoms with E-state index in [2.05, 4.69) is 5.32 Å². The van der Waals surface area contributed by atoms with Gasteiger partial charge in [0.1, 0.15) is 5.75 Å². The third-order valence-corrected chi connectivity index (χ3v) is 3.14. The van der Waals surface area contributed by atoms with E-state index in [1.807, 2.05) is 32.0 Å². The molecule has 2 amide bonds. The molecule has 1 N–H and O–H groups in total. The molecule has 6 nitrogen and oxygen atoms in total. The van der Waals surface area contributed by atoms with Crippen LogP contribution in [0.15, 0.2) is 24.3 Å². The Bertz CT molecular complexity index is 517. The lowest BCUT2D eigenvalue weighted by molar-refractivity contribution is -0.130. The molecule has 0 fully saturated rings. The van der Waals surface area contributed by atoms with E-state index in [4.69, 9.17) is 9.47 Å². The fourth-order valence-corrected chi connectivity index (χ4v) is 2.00. The van der Waals surface area contributed by atoms with Crippen molar-refractivity contribution in [2.45, 2.75) is 33.3 Å². The largest absolute Gasteiger partial charge is 0.489 e. The highest BCUT2D eigenvalue weighted by Crippen LogP contribution is 2.24. The first-order valence-electron chi connectivity index (χ1n) is 7.74. The van der Waals surface area contributed by atoms with Gasteiger partial charge < -0.3 is 19.7 Å². The van der Waals surface area contributed by atoms with E-state index in [1.54, 1.807) is 18.1 Å². The Hall–Kier alpha value is -2.08. The molecule has 0 aliphatic carbocycles. The van der Waals surface area contributed by atoms with Gasteiger partial charge in [-0.15, -0.1) is 0 Å². The van der Waals surface area contributed by atoms with Gasteiger partial charge in [0.2, 0.25) is 11.8 Å². The van der Waals surface area contributed by atoms with E-state index in [-0.39, 0.29) is 24.3 Å². The number of nitrogens with one attached hydrogen (secondary N) is 1. The molecule has 0 unspecified atom stereocenters. The van der Waals surface area contributed by atoms with Gasteiger partial charge in [-0.25, -0.2) is 0 Å². The lowest BCUT2D eigenvalue weighted by atomic mass is 10.2. The predicted molar refractivity (Wildman–Crippen MR) is 89.6 cm³/mol. The first-order valence-corrected chi connectivity index (χ1v) is 7.74. The van der Waals surface area contributed by atoms with Crippen LogP contribution in [0.3, 0.4) is 0 Å². The summed E-state index contributed by atoms with van der Waals surface area (Å²) in [5, 5.41) is 2.83. The van der Waals surface area contributed by atoms with Crippen molar-refractivity contribution in [2.24, 2.45) is 0 Å². The van der Waals surface area contributed by atoms with Crippen LogP contribution in [0.25, 0.3) is 0 Å². The number of rotatable bonds is 9. The summed E-state index contributed by atoms with van der Waals surface area (Å²) >= 11 is 0. The summed E-state index contributed by atoms with van der Waals surface area (Å²) in [6.07, 6.45) is 0.245. The third kappa shape index (κ3) is 7.15. The van der Waals surface area contributed by atoms with Crippen molar-refractivity contribution >= 4 is 17.5 Å².